The molecule has 0 spiro atoms. The first-order valence-electron chi connectivity index (χ1n) is 4.96. The van der Waals surface area contributed by atoms with Gasteiger partial charge in [0, 0.05) is 28.2 Å². The lowest BCUT2D eigenvalue weighted by Gasteiger charge is -2.14. The molecular formula is C10H15N2O4S2. The number of sulfonamides is 2. The van der Waals surface area contributed by atoms with E-state index in [4.69, 9.17) is 0 Å². The Balaban J connectivity index is 3.42. The van der Waals surface area contributed by atoms with Crippen LogP contribution in [0.5, 0.6) is 0 Å². The molecule has 0 saturated carbocycles. The zero-order valence-corrected chi connectivity index (χ0v) is 12.2. The van der Waals surface area contributed by atoms with E-state index in [-0.39, 0.29) is 9.79 Å². The maximum absolute atomic E-state index is 11.9. The number of nitrogens with zero attached hydrogens (tertiary/aromatic N) is 2. The molecule has 1 aromatic carbocycles. The Kier molecular flexibility index (Phi) is 4.16. The van der Waals surface area contributed by atoms with E-state index in [1.165, 1.54) is 40.3 Å². The zero-order valence-electron chi connectivity index (χ0n) is 10.6. The van der Waals surface area contributed by atoms with Crippen LogP contribution in [0.3, 0.4) is 0 Å². The fourth-order valence-electron chi connectivity index (χ4n) is 1.15. The summed E-state index contributed by atoms with van der Waals surface area (Å²) < 4.78 is 49.5. The van der Waals surface area contributed by atoms with Gasteiger partial charge in [-0.1, -0.05) is 0 Å². The molecule has 0 aromatic heterocycles. The van der Waals surface area contributed by atoms with Crippen LogP contribution in [0, 0.1) is 6.07 Å². The molecule has 0 amide bonds. The van der Waals surface area contributed by atoms with Crippen LogP contribution in [0.15, 0.2) is 28.0 Å². The number of benzene rings is 1. The second-order valence-corrected chi connectivity index (χ2v) is 8.28. The van der Waals surface area contributed by atoms with Crippen molar-refractivity contribution in [1.82, 2.24) is 8.61 Å². The summed E-state index contributed by atoms with van der Waals surface area (Å²) in [5, 5.41) is 0. The van der Waals surface area contributed by atoms with E-state index >= 15 is 0 Å². The van der Waals surface area contributed by atoms with Gasteiger partial charge in [-0.3, -0.25) is 0 Å². The Bertz CT molecular complexity index is 580. The predicted molar refractivity (Wildman–Crippen MR) is 67.0 cm³/mol. The SMILES string of the molecule is CN(C)S(=O)(=O)c1c[c]cc(S(=O)(=O)N(C)C)c1. The minimum atomic E-state index is -3.67. The number of rotatable bonds is 4. The summed E-state index contributed by atoms with van der Waals surface area (Å²) >= 11 is 0. The van der Waals surface area contributed by atoms with Crippen LogP contribution in [0.1, 0.15) is 0 Å². The van der Waals surface area contributed by atoms with Gasteiger partial charge in [0.15, 0.2) is 0 Å². The molecule has 0 aliphatic carbocycles. The summed E-state index contributed by atoms with van der Waals surface area (Å²) in [5.74, 6) is 0. The second-order valence-electron chi connectivity index (χ2n) is 3.98. The highest BCUT2D eigenvalue weighted by Gasteiger charge is 2.22. The van der Waals surface area contributed by atoms with Crippen LogP contribution in [0.4, 0.5) is 0 Å². The third-order valence-corrected chi connectivity index (χ3v) is 5.88. The summed E-state index contributed by atoms with van der Waals surface area (Å²) in [4.78, 5) is -0.203. The standard InChI is InChI=1S/C10H15N2O4S2/c1-11(2)17(13,14)9-6-5-7-10(8-9)18(15,16)12(3)4/h6-8H,1-4H3. The first kappa shape index (κ1) is 15.1. The summed E-state index contributed by atoms with van der Waals surface area (Å²) in [5.41, 5.74) is 0. The highest BCUT2D eigenvalue weighted by molar-refractivity contribution is 7.90. The van der Waals surface area contributed by atoms with Crippen molar-refractivity contribution in [2.45, 2.75) is 9.79 Å². The molecule has 0 N–H and O–H groups in total. The minimum Gasteiger partial charge on any atom is -0.207 e. The van der Waals surface area contributed by atoms with E-state index in [0.717, 1.165) is 14.7 Å². The fourth-order valence-corrected chi connectivity index (χ4v) is 3.05. The van der Waals surface area contributed by atoms with Crippen molar-refractivity contribution in [2.24, 2.45) is 0 Å². The van der Waals surface area contributed by atoms with Crippen molar-refractivity contribution in [3.8, 4) is 0 Å². The molecule has 6 nitrogen and oxygen atoms in total. The molecule has 0 heterocycles. The van der Waals surface area contributed by atoms with Gasteiger partial charge in [-0.05, 0) is 24.3 Å². The second kappa shape index (κ2) is 4.96. The van der Waals surface area contributed by atoms with Gasteiger partial charge in [-0.2, -0.15) is 0 Å². The van der Waals surface area contributed by atoms with Crippen LogP contribution >= 0.6 is 0 Å². The fraction of sp³-hybridized carbons (Fsp3) is 0.400. The van der Waals surface area contributed by atoms with Gasteiger partial charge >= 0.3 is 0 Å². The summed E-state index contributed by atoms with van der Waals surface area (Å²) in [6, 6.07) is 6.15. The third-order valence-electron chi connectivity index (χ3n) is 2.29. The van der Waals surface area contributed by atoms with Crippen LogP contribution in [-0.2, 0) is 20.0 Å². The smallest absolute Gasteiger partial charge is 0.207 e. The molecule has 1 radical (unpaired) electrons. The van der Waals surface area contributed by atoms with Crippen LogP contribution in [-0.4, -0.2) is 53.6 Å². The molecule has 8 heteroatoms. The average molecular weight is 291 g/mol. The molecular weight excluding hydrogens is 276 g/mol. The number of hydrogen-bond acceptors (Lipinski definition) is 4. The lowest BCUT2D eigenvalue weighted by molar-refractivity contribution is 0.517. The molecule has 0 atom stereocenters. The van der Waals surface area contributed by atoms with E-state index in [1.807, 2.05) is 0 Å². The molecule has 18 heavy (non-hydrogen) atoms. The van der Waals surface area contributed by atoms with Crippen molar-refractivity contribution in [1.29, 1.82) is 0 Å². The highest BCUT2D eigenvalue weighted by atomic mass is 32.2. The van der Waals surface area contributed by atoms with E-state index in [2.05, 4.69) is 6.07 Å². The minimum absolute atomic E-state index is 0.101. The first-order chi connectivity index (χ1) is 8.10. The predicted octanol–water partition coefficient (Wildman–Crippen LogP) is -0.0126. The van der Waals surface area contributed by atoms with Crippen LogP contribution in [0.25, 0.3) is 0 Å². The maximum Gasteiger partial charge on any atom is 0.242 e. The largest absolute Gasteiger partial charge is 0.242 e. The van der Waals surface area contributed by atoms with E-state index < -0.39 is 20.0 Å². The Morgan fingerprint density at radius 1 is 0.833 bits per heavy atom. The third kappa shape index (κ3) is 2.72. The highest BCUT2D eigenvalue weighted by Crippen LogP contribution is 2.19. The normalized spacial score (nSPS) is 13.2. The molecule has 0 saturated heterocycles. The summed E-state index contributed by atoms with van der Waals surface area (Å²) in [6.07, 6.45) is 0. The molecule has 0 fully saturated rings. The van der Waals surface area contributed by atoms with Crippen molar-refractivity contribution >= 4 is 20.0 Å². The molecule has 1 rings (SSSR count). The van der Waals surface area contributed by atoms with Gasteiger partial charge < -0.3 is 0 Å². The summed E-state index contributed by atoms with van der Waals surface area (Å²) in [6.45, 7) is 0. The Morgan fingerprint density at radius 2 is 1.17 bits per heavy atom. The average Bonchev–Trinajstić information content (AvgIpc) is 2.28. The van der Waals surface area contributed by atoms with Crippen molar-refractivity contribution < 1.29 is 16.8 Å². The lowest BCUT2D eigenvalue weighted by Crippen LogP contribution is -2.24. The van der Waals surface area contributed by atoms with Gasteiger partial charge in [0.05, 0.1) is 9.79 Å². The van der Waals surface area contributed by atoms with Crippen LogP contribution < -0.4 is 0 Å². The molecule has 0 aliphatic heterocycles. The maximum atomic E-state index is 11.9. The van der Waals surface area contributed by atoms with E-state index in [1.54, 1.807) is 0 Å². The molecule has 1 aromatic rings. The van der Waals surface area contributed by atoms with Crippen molar-refractivity contribution in [3.63, 3.8) is 0 Å². The van der Waals surface area contributed by atoms with E-state index in [0.29, 0.717) is 0 Å². The monoisotopic (exact) mass is 291 g/mol. The molecule has 0 aliphatic rings. The van der Waals surface area contributed by atoms with Crippen molar-refractivity contribution in [2.75, 3.05) is 28.2 Å². The topological polar surface area (TPSA) is 74.8 Å². The molecule has 101 valence electrons. The van der Waals surface area contributed by atoms with Gasteiger partial charge in [0.2, 0.25) is 20.0 Å². The molecule has 0 unspecified atom stereocenters. The van der Waals surface area contributed by atoms with Gasteiger partial charge in [-0.25, -0.2) is 25.4 Å². The Labute approximate surface area is 108 Å². The summed E-state index contributed by atoms with van der Waals surface area (Å²) in [7, 11) is -1.82. The van der Waals surface area contributed by atoms with E-state index in [9.17, 15) is 16.8 Å². The van der Waals surface area contributed by atoms with Crippen molar-refractivity contribution in [3.05, 3.63) is 24.3 Å². The first-order valence-corrected chi connectivity index (χ1v) is 7.84. The zero-order chi connectivity index (χ0) is 14.1. The Morgan fingerprint density at radius 3 is 1.44 bits per heavy atom. The van der Waals surface area contributed by atoms with Crippen LogP contribution in [0.2, 0.25) is 0 Å². The lowest BCUT2D eigenvalue weighted by atomic mass is 10.4. The van der Waals surface area contributed by atoms with Gasteiger partial charge in [-0.15, -0.1) is 0 Å². The van der Waals surface area contributed by atoms with Gasteiger partial charge in [0.1, 0.15) is 0 Å². The number of hydrogen-bond donors (Lipinski definition) is 0. The quantitative estimate of drug-likeness (QED) is 0.782. The Hall–Kier alpha value is -0.960. The molecule has 0 bridgehead atoms. The van der Waals surface area contributed by atoms with Gasteiger partial charge in [0.25, 0.3) is 0 Å².